The van der Waals surface area contributed by atoms with Crippen molar-refractivity contribution in [3.05, 3.63) is 191 Å². The summed E-state index contributed by atoms with van der Waals surface area (Å²) in [4.78, 5) is 46.5. The summed E-state index contributed by atoms with van der Waals surface area (Å²) in [5, 5.41) is 2.42. The van der Waals surface area contributed by atoms with Crippen molar-refractivity contribution in [3.63, 3.8) is 0 Å². The number of carbonyl (C=O) groups excluding carboxylic acids is 3. The highest BCUT2D eigenvalue weighted by molar-refractivity contribution is 14.1. The number of hydrogen-bond donors (Lipinski definition) is 1. The fourth-order valence-electron chi connectivity index (χ4n) is 7.80. The van der Waals surface area contributed by atoms with Gasteiger partial charge in [-0.05, 0) is 83.3 Å². The summed E-state index contributed by atoms with van der Waals surface area (Å²) in [6, 6.07) is 54.7. The van der Waals surface area contributed by atoms with Crippen molar-refractivity contribution in [2.24, 2.45) is 0 Å². The van der Waals surface area contributed by atoms with E-state index in [1.165, 1.54) is 44.2 Å². The first-order valence-corrected chi connectivity index (χ1v) is 21.2. The Bertz CT molecular complexity index is 2610. The van der Waals surface area contributed by atoms with E-state index in [4.69, 9.17) is 15.7 Å². The Morgan fingerprint density at radius 1 is 0.492 bits per heavy atom. The summed E-state index contributed by atoms with van der Waals surface area (Å²) < 4.78 is 0. The van der Waals surface area contributed by atoms with Gasteiger partial charge in [-0.1, -0.05) is 140 Å². The van der Waals surface area contributed by atoms with Gasteiger partial charge in [0.2, 0.25) is 0 Å². The van der Waals surface area contributed by atoms with E-state index in [1.807, 2.05) is 52.9 Å². The van der Waals surface area contributed by atoms with Gasteiger partial charge in [0.15, 0.2) is 17.3 Å². The lowest BCUT2D eigenvalue weighted by molar-refractivity contribution is -0.137. The number of nitrogen functional groups attached to an aromatic ring is 1. The van der Waals surface area contributed by atoms with E-state index < -0.39 is 0 Å². The Labute approximate surface area is 358 Å². The third-order valence-electron chi connectivity index (χ3n) is 10.6. The maximum atomic E-state index is 12.0. The van der Waals surface area contributed by atoms with Gasteiger partial charge in [-0.25, -0.2) is 9.97 Å². The molecule has 0 bridgehead atoms. The van der Waals surface area contributed by atoms with Crippen molar-refractivity contribution in [2.75, 3.05) is 5.73 Å². The molecule has 2 aliphatic rings. The molecule has 6 nitrogen and oxygen atoms in total. The Morgan fingerprint density at radius 2 is 0.881 bits per heavy atom. The van der Waals surface area contributed by atoms with Crippen molar-refractivity contribution >= 4 is 67.4 Å². The summed E-state index contributed by atoms with van der Waals surface area (Å²) in [5.74, 6) is -0.374. The molecule has 2 heterocycles. The number of pyridine rings is 2. The van der Waals surface area contributed by atoms with Gasteiger partial charge in [0.1, 0.15) is 0 Å². The average Bonchev–Trinajstić information content (AvgIpc) is 3.30. The second-order valence-corrected chi connectivity index (χ2v) is 14.2. The van der Waals surface area contributed by atoms with E-state index >= 15 is 0 Å². The summed E-state index contributed by atoms with van der Waals surface area (Å²) in [7, 11) is 0. The van der Waals surface area contributed by atoms with Crippen LogP contribution in [-0.2, 0) is 22.4 Å². The molecule has 59 heavy (non-hydrogen) atoms. The number of anilines is 1. The van der Waals surface area contributed by atoms with Gasteiger partial charge in [0.05, 0.1) is 22.4 Å². The van der Waals surface area contributed by atoms with Crippen LogP contribution in [0.5, 0.6) is 0 Å². The molecule has 0 radical (unpaired) electrons. The Hall–Kier alpha value is -6.32. The number of benzene rings is 6. The number of aromatic nitrogens is 2. The van der Waals surface area contributed by atoms with Crippen molar-refractivity contribution in [3.8, 4) is 33.6 Å². The van der Waals surface area contributed by atoms with Crippen LogP contribution >= 0.6 is 22.6 Å². The molecule has 7 heteroatoms. The summed E-state index contributed by atoms with van der Waals surface area (Å²) in [5.41, 5.74) is 19.3. The molecule has 0 amide bonds. The minimum atomic E-state index is -0.170. The molecule has 6 aromatic carbocycles. The average molecular weight is 885 g/mol. The van der Waals surface area contributed by atoms with Crippen LogP contribution in [0.4, 0.5) is 5.69 Å². The molecule has 8 aromatic rings. The van der Waals surface area contributed by atoms with Crippen molar-refractivity contribution in [2.45, 2.75) is 38.5 Å². The molecular formula is C52H43IN3O3-. The Morgan fingerprint density at radius 3 is 1.32 bits per heavy atom. The van der Waals surface area contributed by atoms with Crippen molar-refractivity contribution in [1.29, 1.82) is 0 Å². The van der Waals surface area contributed by atoms with Crippen LogP contribution in [0.3, 0.4) is 0 Å². The molecule has 0 aliphatic heterocycles. The number of halogens is 1. The minimum absolute atomic E-state index is 0.0336. The van der Waals surface area contributed by atoms with E-state index in [-0.39, 0.29) is 17.3 Å². The first-order chi connectivity index (χ1) is 29.0. The molecule has 1 saturated carbocycles. The standard InChI is InChI=1S/C32H22N2.C13H11NO.C6H8O2.CH2I/c1-3-11-21(12-4-1)29-23-15-7-9-17-27(23)33-31-25(29)19-20-26-30(22-13-5-2-6-14-22)24-16-8-10-18-28(24)34-32(26)31;14-12-9-5-4-8-11(12)13(15)10-6-2-1-3-7-10;7-5-3-1-2-4-6(5)8;1-2/h1-18H,19-20H2;1-9H,14H2;1-4H2;1H2/q;;;-1. The molecule has 2 N–H and O–H groups in total. The SMILES string of the molecule is Nc1ccccc1C(=O)c1ccccc1.O=C1CCCCC1=O.[CH2-]I.c1ccc(-c2c3c(nc4ccccc24)-c2nc4ccccc4c(-c4ccccc4)c2CC3)cc1. The van der Waals surface area contributed by atoms with Gasteiger partial charge >= 0.3 is 0 Å². The van der Waals surface area contributed by atoms with Crippen molar-refractivity contribution < 1.29 is 14.4 Å². The largest absolute Gasteiger partial charge is 0.398 e. The van der Waals surface area contributed by atoms with Crippen LogP contribution in [0.1, 0.15) is 52.7 Å². The predicted octanol–water partition coefficient (Wildman–Crippen LogP) is 12.3. The maximum Gasteiger partial charge on any atom is 0.198 e. The maximum absolute atomic E-state index is 12.0. The second-order valence-electron chi connectivity index (χ2n) is 14.2. The molecule has 1 fully saturated rings. The van der Waals surface area contributed by atoms with E-state index in [0.29, 0.717) is 29.7 Å². The van der Waals surface area contributed by atoms with E-state index in [0.717, 1.165) is 48.1 Å². The molecule has 2 aromatic heterocycles. The molecule has 0 unspecified atom stereocenters. The fraction of sp³-hybridized carbons (Fsp3) is 0.115. The third-order valence-corrected chi connectivity index (χ3v) is 10.6. The zero-order chi connectivity index (χ0) is 41.1. The van der Waals surface area contributed by atoms with Crippen LogP contribution in [0, 0.1) is 4.93 Å². The smallest absolute Gasteiger partial charge is 0.198 e. The van der Waals surface area contributed by atoms with Gasteiger partial charge in [-0.15, -0.1) is 0 Å². The Balaban J connectivity index is 0.000000174. The molecule has 10 rings (SSSR count). The lowest BCUT2D eigenvalue weighted by Crippen LogP contribution is -2.17. The van der Waals surface area contributed by atoms with Crippen LogP contribution in [0.15, 0.2) is 164 Å². The van der Waals surface area contributed by atoms with Crippen molar-refractivity contribution in [1.82, 2.24) is 9.97 Å². The molecule has 2 aliphatic carbocycles. The van der Waals surface area contributed by atoms with Crippen LogP contribution in [0.2, 0.25) is 0 Å². The molecule has 0 atom stereocenters. The van der Waals surface area contributed by atoms with Gasteiger partial charge in [-0.2, -0.15) is 0 Å². The summed E-state index contributed by atoms with van der Waals surface area (Å²) in [6.07, 6.45) is 4.68. The highest BCUT2D eigenvalue weighted by Gasteiger charge is 2.28. The number of nitrogens with two attached hydrogens (primary N) is 1. The Kier molecular flexibility index (Phi) is 13.4. The molecule has 0 spiro atoms. The van der Waals surface area contributed by atoms with Gasteiger partial charge < -0.3 is 28.3 Å². The quantitative estimate of drug-likeness (QED) is 0.0621. The number of nitrogens with zero attached hydrogens (tertiary/aromatic N) is 2. The number of rotatable bonds is 4. The monoisotopic (exact) mass is 884 g/mol. The minimum Gasteiger partial charge on any atom is -0.398 e. The summed E-state index contributed by atoms with van der Waals surface area (Å²) in [6.45, 7) is 0. The number of hydrogen-bond acceptors (Lipinski definition) is 6. The first kappa shape index (κ1) is 40.9. The lowest BCUT2D eigenvalue weighted by atomic mass is 9.82. The van der Waals surface area contributed by atoms with Gasteiger partial charge in [-0.3, -0.25) is 19.3 Å². The predicted molar refractivity (Wildman–Crippen MR) is 249 cm³/mol. The number of fused-ring (bicyclic) bond motifs is 5. The third kappa shape index (κ3) is 9.06. The number of Topliss-reactive ketones (excluding diaryl/α,β-unsaturated/α-hetero) is 2. The van der Waals surface area contributed by atoms with Crippen LogP contribution in [-0.4, -0.2) is 27.3 Å². The normalized spacial score (nSPS) is 12.7. The molecule has 292 valence electrons. The van der Waals surface area contributed by atoms with Crippen LogP contribution < -0.4 is 5.73 Å². The van der Waals surface area contributed by atoms with Crippen LogP contribution in [0.25, 0.3) is 55.4 Å². The number of ketones is 3. The zero-order valence-electron chi connectivity index (χ0n) is 32.6. The highest BCUT2D eigenvalue weighted by Crippen LogP contribution is 2.45. The zero-order valence-corrected chi connectivity index (χ0v) is 34.8. The highest BCUT2D eigenvalue weighted by atomic mass is 127. The fourth-order valence-corrected chi connectivity index (χ4v) is 7.80. The first-order valence-electron chi connectivity index (χ1n) is 19.7. The molecule has 0 saturated heterocycles. The van der Waals surface area contributed by atoms with E-state index in [1.54, 1.807) is 24.3 Å². The molecular weight excluding hydrogens is 841 g/mol. The van der Waals surface area contributed by atoms with E-state index in [2.05, 4.69) is 114 Å². The topological polar surface area (TPSA) is 103 Å². The van der Waals surface area contributed by atoms with Gasteiger partial charge in [0, 0.05) is 40.4 Å². The second kappa shape index (κ2) is 19.4. The summed E-state index contributed by atoms with van der Waals surface area (Å²) >= 11 is 1.90. The number of para-hydroxylation sites is 3. The van der Waals surface area contributed by atoms with Gasteiger partial charge in [0.25, 0.3) is 0 Å². The number of carbonyl (C=O) groups is 3. The lowest BCUT2D eigenvalue weighted by Gasteiger charge is -2.26. The van der Waals surface area contributed by atoms with E-state index in [9.17, 15) is 14.4 Å².